The Hall–Kier alpha value is 0.390. The maximum Gasteiger partial charge on any atom is 0.107 e. The van der Waals surface area contributed by atoms with Crippen molar-refractivity contribution in [3.05, 3.63) is 19.8 Å². The summed E-state index contributed by atoms with van der Waals surface area (Å²) in [6, 6.07) is 2.06. The fraction of sp³-hybridized carbons (Fsp3) is 0.500. The van der Waals surface area contributed by atoms with E-state index >= 15 is 0 Å². The molecule has 0 radical (unpaired) electrons. The van der Waals surface area contributed by atoms with Gasteiger partial charge in [-0.15, -0.1) is 11.3 Å². The molecule has 1 aromatic rings. The van der Waals surface area contributed by atoms with Crippen LogP contribution in [0.2, 0.25) is 4.34 Å². The highest BCUT2D eigenvalue weighted by Crippen LogP contribution is 2.32. The van der Waals surface area contributed by atoms with E-state index in [4.69, 9.17) is 17.3 Å². The minimum Gasteiger partial charge on any atom is -0.329 e. The number of thiophene rings is 1. The molecule has 74 valence electrons. The second-order valence-electron chi connectivity index (χ2n) is 2.86. The Labute approximate surface area is 95.8 Å². The van der Waals surface area contributed by atoms with E-state index in [1.54, 1.807) is 11.3 Å². The number of nitrogens with zero attached hydrogens (tertiary/aromatic N) is 1. The molecule has 0 spiro atoms. The SMILES string of the molecule is CN(CCN)Cc1cc(Br)c(Cl)s1. The molecule has 1 rings (SSSR count). The third-order valence-corrected chi connectivity index (χ3v) is 4.09. The van der Waals surface area contributed by atoms with Gasteiger partial charge in [-0.2, -0.15) is 0 Å². The standard InChI is InChI=1S/C8H12BrClN2S/c1-12(3-2-11)5-6-4-7(9)8(10)13-6/h4H,2-3,5,11H2,1H3. The molecule has 0 aliphatic rings. The third-order valence-electron chi connectivity index (χ3n) is 1.63. The number of halogens is 2. The van der Waals surface area contributed by atoms with Crippen LogP contribution >= 0.6 is 38.9 Å². The number of likely N-dealkylation sites (N-methyl/N-ethyl adjacent to an activating group) is 1. The van der Waals surface area contributed by atoms with Crippen LogP contribution in [0.4, 0.5) is 0 Å². The first-order valence-electron chi connectivity index (χ1n) is 3.96. The van der Waals surface area contributed by atoms with E-state index in [9.17, 15) is 0 Å². The van der Waals surface area contributed by atoms with Crippen molar-refractivity contribution in [2.75, 3.05) is 20.1 Å². The fourth-order valence-corrected chi connectivity index (χ4v) is 2.91. The molecule has 2 N–H and O–H groups in total. The topological polar surface area (TPSA) is 29.3 Å². The van der Waals surface area contributed by atoms with Crippen molar-refractivity contribution in [3.63, 3.8) is 0 Å². The Morgan fingerprint density at radius 3 is 2.85 bits per heavy atom. The molecule has 0 unspecified atom stereocenters. The van der Waals surface area contributed by atoms with E-state index in [0.29, 0.717) is 6.54 Å². The summed E-state index contributed by atoms with van der Waals surface area (Å²) in [4.78, 5) is 3.43. The van der Waals surface area contributed by atoms with Gasteiger partial charge in [-0.1, -0.05) is 11.6 Å². The van der Waals surface area contributed by atoms with Gasteiger partial charge in [0, 0.05) is 29.0 Å². The average molecular weight is 284 g/mol. The molecule has 0 aromatic carbocycles. The maximum absolute atomic E-state index is 5.92. The highest BCUT2D eigenvalue weighted by Gasteiger charge is 2.06. The Morgan fingerprint density at radius 2 is 2.38 bits per heavy atom. The van der Waals surface area contributed by atoms with E-state index in [0.717, 1.165) is 21.9 Å². The van der Waals surface area contributed by atoms with Crippen molar-refractivity contribution in [1.29, 1.82) is 0 Å². The molecule has 0 bridgehead atoms. The monoisotopic (exact) mass is 282 g/mol. The number of hydrogen-bond acceptors (Lipinski definition) is 3. The summed E-state index contributed by atoms with van der Waals surface area (Å²) in [5.41, 5.74) is 5.44. The van der Waals surface area contributed by atoms with Crippen LogP contribution in [0.1, 0.15) is 4.88 Å². The van der Waals surface area contributed by atoms with Crippen LogP contribution < -0.4 is 5.73 Å². The predicted molar refractivity (Wildman–Crippen MR) is 62.4 cm³/mol. The van der Waals surface area contributed by atoms with Gasteiger partial charge in [0.2, 0.25) is 0 Å². The lowest BCUT2D eigenvalue weighted by Crippen LogP contribution is -2.24. The first-order chi connectivity index (χ1) is 6.13. The minimum absolute atomic E-state index is 0.691. The first kappa shape index (κ1) is 11.5. The van der Waals surface area contributed by atoms with Crippen LogP contribution in [0.15, 0.2) is 10.5 Å². The van der Waals surface area contributed by atoms with Crippen molar-refractivity contribution in [1.82, 2.24) is 4.90 Å². The predicted octanol–water partition coefficient (Wildman–Crippen LogP) is 2.55. The number of rotatable bonds is 4. The quantitative estimate of drug-likeness (QED) is 0.920. The van der Waals surface area contributed by atoms with Gasteiger partial charge in [0.05, 0.1) is 0 Å². The molecule has 1 heterocycles. The normalized spacial score (nSPS) is 11.2. The van der Waals surface area contributed by atoms with Crippen molar-refractivity contribution in [2.24, 2.45) is 5.73 Å². The van der Waals surface area contributed by atoms with Gasteiger partial charge in [-0.3, -0.25) is 0 Å². The summed E-state index contributed by atoms with van der Waals surface area (Å²) in [6.45, 7) is 2.51. The molecule has 0 aliphatic carbocycles. The molecule has 0 aliphatic heterocycles. The largest absolute Gasteiger partial charge is 0.329 e. The van der Waals surface area contributed by atoms with Gasteiger partial charge in [0.25, 0.3) is 0 Å². The molecule has 1 aromatic heterocycles. The summed E-state index contributed by atoms with van der Waals surface area (Å²) in [6.07, 6.45) is 0. The van der Waals surface area contributed by atoms with E-state index in [-0.39, 0.29) is 0 Å². The summed E-state index contributed by atoms with van der Waals surface area (Å²) in [5.74, 6) is 0. The smallest absolute Gasteiger partial charge is 0.107 e. The Morgan fingerprint density at radius 1 is 1.69 bits per heavy atom. The van der Waals surface area contributed by atoms with Gasteiger partial charge in [-0.05, 0) is 29.0 Å². The Balaban J connectivity index is 2.53. The second kappa shape index (κ2) is 5.32. The zero-order valence-electron chi connectivity index (χ0n) is 7.39. The molecule has 0 saturated carbocycles. The van der Waals surface area contributed by atoms with E-state index < -0.39 is 0 Å². The lowest BCUT2D eigenvalue weighted by Gasteiger charge is -2.13. The van der Waals surface area contributed by atoms with Crippen LogP contribution in [0.5, 0.6) is 0 Å². The van der Waals surface area contributed by atoms with Crippen LogP contribution in [-0.4, -0.2) is 25.0 Å². The molecule has 0 amide bonds. The fourth-order valence-electron chi connectivity index (χ4n) is 1.03. The summed E-state index contributed by atoms with van der Waals surface area (Å²) in [7, 11) is 2.05. The minimum atomic E-state index is 0.691. The molecule has 0 fully saturated rings. The van der Waals surface area contributed by atoms with Crippen LogP contribution in [0.25, 0.3) is 0 Å². The highest BCUT2D eigenvalue weighted by atomic mass is 79.9. The zero-order valence-corrected chi connectivity index (χ0v) is 10.5. The molecule has 5 heteroatoms. The maximum atomic E-state index is 5.92. The van der Waals surface area contributed by atoms with Gasteiger partial charge >= 0.3 is 0 Å². The Bertz CT molecular complexity index is 258. The van der Waals surface area contributed by atoms with Gasteiger partial charge in [-0.25, -0.2) is 0 Å². The van der Waals surface area contributed by atoms with Crippen LogP contribution in [-0.2, 0) is 6.54 Å². The number of hydrogen-bond donors (Lipinski definition) is 1. The van der Waals surface area contributed by atoms with E-state index in [1.165, 1.54) is 4.88 Å². The zero-order chi connectivity index (χ0) is 9.84. The van der Waals surface area contributed by atoms with Crippen LogP contribution in [0, 0.1) is 0 Å². The Kier molecular flexibility index (Phi) is 4.69. The van der Waals surface area contributed by atoms with Crippen molar-refractivity contribution < 1.29 is 0 Å². The molecule has 13 heavy (non-hydrogen) atoms. The van der Waals surface area contributed by atoms with Gasteiger partial charge in [0.15, 0.2) is 0 Å². The number of nitrogens with two attached hydrogens (primary N) is 1. The first-order valence-corrected chi connectivity index (χ1v) is 5.94. The van der Waals surface area contributed by atoms with Gasteiger partial charge < -0.3 is 10.6 Å². The summed E-state index contributed by atoms with van der Waals surface area (Å²) < 4.78 is 1.80. The van der Waals surface area contributed by atoms with Crippen molar-refractivity contribution >= 4 is 38.9 Å². The average Bonchev–Trinajstić information content (AvgIpc) is 2.31. The van der Waals surface area contributed by atoms with Crippen molar-refractivity contribution in [2.45, 2.75) is 6.54 Å². The lowest BCUT2D eigenvalue weighted by atomic mass is 10.4. The molecular formula is C8H12BrClN2S. The molecule has 0 saturated heterocycles. The van der Waals surface area contributed by atoms with Crippen molar-refractivity contribution in [3.8, 4) is 0 Å². The third kappa shape index (κ3) is 3.56. The molecule has 2 nitrogen and oxygen atoms in total. The van der Waals surface area contributed by atoms with Crippen LogP contribution in [0.3, 0.4) is 0 Å². The highest BCUT2D eigenvalue weighted by molar-refractivity contribution is 9.10. The second-order valence-corrected chi connectivity index (χ2v) is 5.45. The molecular weight excluding hydrogens is 272 g/mol. The van der Waals surface area contributed by atoms with Gasteiger partial charge in [0.1, 0.15) is 4.34 Å². The van der Waals surface area contributed by atoms with E-state index in [2.05, 4.69) is 26.9 Å². The van der Waals surface area contributed by atoms with E-state index in [1.807, 2.05) is 7.05 Å². The summed E-state index contributed by atoms with van der Waals surface area (Å²) >= 11 is 10.9. The summed E-state index contributed by atoms with van der Waals surface area (Å²) in [5, 5.41) is 0. The lowest BCUT2D eigenvalue weighted by molar-refractivity contribution is 0.339. The molecule has 0 atom stereocenters.